The van der Waals surface area contributed by atoms with Gasteiger partial charge < -0.3 is 4.74 Å². The van der Waals surface area contributed by atoms with Gasteiger partial charge in [-0.1, -0.05) is 31.8 Å². The van der Waals surface area contributed by atoms with Crippen molar-refractivity contribution in [3.63, 3.8) is 0 Å². The van der Waals surface area contributed by atoms with Gasteiger partial charge in [0.25, 0.3) is 0 Å². The summed E-state index contributed by atoms with van der Waals surface area (Å²) in [5.41, 5.74) is 0. The fraction of sp³-hybridized carbons (Fsp3) is 0.824. The Hall–Kier alpha value is -1.70. The van der Waals surface area contributed by atoms with Gasteiger partial charge in [0.1, 0.15) is 0 Å². The molecular weight excluding hydrogens is 483 g/mol. The minimum Gasteiger partial charge on any atom is -0.461 e. The van der Waals surface area contributed by atoms with Crippen LogP contribution in [-0.2, 0) is 9.53 Å². The fourth-order valence-corrected chi connectivity index (χ4v) is 2.25. The summed E-state index contributed by atoms with van der Waals surface area (Å²) in [6.45, 7) is 2.44. The molecule has 0 unspecified atom stereocenters. The summed E-state index contributed by atoms with van der Waals surface area (Å²) in [7, 11) is 0. The average molecular weight is 502 g/mol. The molecule has 0 aliphatic carbocycles. The van der Waals surface area contributed by atoms with Crippen molar-refractivity contribution in [1.29, 1.82) is 0 Å². The Balaban J connectivity index is 5.22. The third-order valence-corrected chi connectivity index (χ3v) is 4.23. The van der Waals surface area contributed by atoms with Crippen molar-refractivity contribution in [3.05, 3.63) is 12.7 Å². The molecule has 0 aliphatic rings. The average Bonchev–Trinajstić information content (AvgIpc) is 2.64. The lowest BCUT2D eigenvalue weighted by Gasteiger charge is -2.38. The second-order valence-corrected chi connectivity index (χ2v) is 6.70. The number of hydrogen-bond acceptors (Lipinski definition) is 2. The number of unbranched alkanes of at least 4 members (excludes halogenated alkanes) is 6. The molecule has 0 aliphatic heterocycles. The Morgan fingerprint density at radius 2 is 1.03 bits per heavy atom. The van der Waals surface area contributed by atoms with Crippen LogP contribution in [-0.4, -0.2) is 48.4 Å². The predicted molar refractivity (Wildman–Crippen MR) is 84.3 cm³/mol. The highest BCUT2D eigenvalue weighted by Crippen LogP contribution is 2.60. The quantitative estimate of drug-likeness (QED) is 0.109. The minimum absolute atomic E-state index is 0.204. The van der Waals surface area contributed by atoms with E-state index < -0.39 is 48.4 Å². The molecule has 0 bridgehead atoms. The Labute approximate surface area is 173 Å². The molecule has 2 nitrogen and oxygen atoms in total. The lowest BCUT2D eigenvalue weighted by atomic mass is 9.94. The Bertz CT molecular complexity index is 626. The molecule has 0 amide bonds. The first kappa shape index (κ1) is 30.3. The molecule has 0 aromatic carbocycles. The molecule has 0 spiro atoms. The SMILES string of the molecule is C=CCCCCCCCCOC(=O)C(F)(F)C(F)(F)C(F)(F)C(F)(F)C(F)(F)C(F)(F)F. The van der Waals surface area contributed by atoms with E-state index in [1.54, 1.807) is 6.08 Å². The lowest BCUT2D eigenvalue weighted by molar-refractivity contribution is -0.437. The van der Waals surface area contributed by atoms with Gasteiger partial charge in [0.05, 0.1) is 6.61 Å². The van der Waals surface area contributed by atoms with Crippen molar-refractivity contribution < 1.29 is 66.6 Å². The number of ether oxygens (including phenoxy) is 1. The molecule has 0 saturated carbocycles. The van der Waals surface area contributed by atoms with Gasteiger partial charge in [0.15, 0.2) is 0 Å². The normalized spacial score (nSPS) is 14.4. The molecule has 0 aromatic rings. The van der Waals surface area contributed by atoms with E-state index in [4.69, 9.17) is 0 Å². The summed E-state index contributed by atoms with van der Waals surface area (Å²) in [6, 6.07) is 0. The van der Waals surface area contributed by atoms with Gasteiger partial charge in [0.2, 0.25) is 0 Å². The summed E-state index contributed by atoms with van der Waals surface area (Å²) in [4.78, 5) is 11.1. The lowest BCUT2D eigenvalue weighted by Crippen LogP contribution is -2.71. The second-order valence-electron chi connectivity index (χ2n) is 6.70. The number of halogens is 13. The van der Waals surface area contributed by atoms with Crippen LogP contribution < -0.4 is 0 Å². The molecular formula is C17H19F13O2. The molecule has 0 N–H and O–H groups in total. The highest BCUT2D eigenvalue weighted by molar-refractivity contribution is 5.79. The first-order chi connectivity index (χ1) is 14.2. The Morgan fingerprint density at radius 3 is 1.47 bits per heavy atom. The van der Waals surface area contributed by atoms with Crippen LogP contribution in [0.15, 0.2) is 12.7 Å². The first-order valence-electron chi connectivity index (χ1n) is 8.97. The summed E-state index contributed by atoms with van der Waals surface area (Å²) in [6.07, 6.45) is -2.46. The van der Waals surface area contributed by atoms with E-state index in [1.165, 1.54) is 0 Å². The third-order valence-electron chi connectivity index (χ3n) is 4.23. The van der Waals surface area contributed by atoms with Gasteiger partial charge in [-0.15, -0.1) is 6.58 Å². The standard InChI is InChI=1S/C17H19F13O2/c1-2-3-4-5-6-7-8-9-10-32-11(31)12(18,19)13(20,21)14(22,23)15(24,25)16(26,27)17(28,29)30/h2H,1,3-10H2. The van der Waals surface area contributed by atoms with E-state index in [0.29, 0.717) is 12.8 Å². The zero-order valence-corrected chi connectivity index (χ0v) is 16.2. The van der Waals surface area contributed by atoms with Crippen LogP contribution >= 0.6 is 0 Å². The predicted octanol–water partition coefficient (Wildman–Crippen LogP) is 7.19. The summed E-state index contributed by atoms with van der Waals surface area (Å²) < 4.78 is 171. The van der Waals surface area contributed by atoms with Crippen LogP contribution in [0.4, 0.5) is 57.1 Å². The first-order valence-corrected chi connectivity index (χ1v) is 8.97. The maximum atomic E-state index is 13.5. The number of esters is 1. The number of hydrogen-bond donors (Lipinski definition) is 0. The molecule has 0 radical (unpaired) electrons. The van der Waals surface area contributed by atoms with Crippen molar-refractivity contribution >= 4 is 5.97 Å². The van der Waals surface area contributed by atoms with Crippen LogP contribution in [0, 0.1) is 0 Å². The number of alkyl halides is 13. The number of rotatable bonds is 14. The zero-order valence-electron chi connectivity index (χ0n) is 16.2. The van der Waals surface area contributed by atoms with Crippen LogP contribution in [0.2, 0.25) is 0 Å². The van der Waals surface area contributed by atoms with Gasteiger partial charge in [-0.05, 0) is 19.3 Å². The van der Waals surface area contributed by atoms with Gasteiger partial charge in [-0.25, -0.2) is 4.79 Å². The van der Waals surface area contributed by atoms with Crippen molar-refractivity contribution in [3.8, 4) is 0 Å². The molecule has 0 aromatic heterocycles. The molecule has 0 heterocycles. The highest BCUT2D eigenvalue weighted by atomic mass is 19.4. The monoisotopic (exact) mass is 502 g/mol. The van der Waals surface area contributed by atoms with Crippen molar-refractivity contribution in [2.24, 2.45) is 0 Å². The van der Waals surface area contributed by atoms with Crippen molar-refractivity contribution in [2.75, 3.05) is 6.61 Å². The van der Waals surface area contributed by atoms with E-state index in [1.807, 2.05) is 0 Å². The van der Waals surface area contributed by atoms with Crippen LogP contribution in [0.1, 0.15) is 44.9 Å². The van der Waals surface area contributed by atoms with E-state index in [9.17, 15) is 61.9 Å². The van der Waals surface area contributed by atoms with Crippen molar-refractivity contribution in [2.45, 2.75) is 80.7 Å². The van der Waals surface area contributed by atoms with Gasteiger partial charge in [0, 0.05) is 0 Å². The van der Waals surface area contributed by atoms with Crippen LogP contribution in [0.3, 0.4) is 0 Å². The maximum absolute atomic E-state index is 13.5. The zero-order chi connectivity index (χ0) is 25.6. The van der Waals surface area contributed by atoms with Crippen LogP contribution in [0.25, 0.3) is 0 Å². The summed E-state index contributed by atoms with van der Waals surface area (Å²) in [5, 5.41) is 0. The largest absolute Gasteiger partial charge is 0.461 e. The molecule has 32 heavy (non-hydrogen) atoms. The Kier molecular flexibility index (Phi) is 9.93. The smallest absolute Gasteiger partial charge is 0.460 e. The molecule has 0 fully saturated rings. The van der Waals surface area contributed by atoms with E-state index in [0.717, 1.165) is 19.3 Å². The second kappa shape index (κ2) is 10.5. The van der Waals surface area contributed by atoms with Crippen molar-refractivity contribution in [1.82, 2.24) is 0 Å². The molecule has 0 rings (SSSR count). The maximum Gasteiger partial charge on any atom is 0.460 e. The summed E-state index contributed by atoms with van der Waals surface area (Å²) in [5.74, 6) is -41.9. The highest BCUT2D eigenvalue weighted by Gasteiger charge is 2.92. The van der Waals surface area contributed by atoms with Gasteiger partial charge in [-0.2, -0.15) is 57.1 Å². The number of carbonyl (C=O) groups excluding carboxylic acids is 1. The fourth-order valence-electron chi connectivity index (χ4n) is 2.25. The van der Waals surface area contributed by atoms with E-state index in [2.05, 4.69) is 11.3 Å². The third kappa shape index (κ3) is 5.80. The van der Waals surface area contributed by atoms with E-state index in [-0.39, 0.29) is 12.8 Å². The molecule has 15 heteroatoms. The van der Waals surface area contributed by atoms with Gasteiger partial charge >= 0.3 is 41.8 Å². The topological polar surface area (TPSA) is 26.3 Å². The Morgan fingerprint density at radius 1 is 0.625 bits per heavy atom. The van der Waals surface area contributed by atoms with Gasteiger partial charge in [-0.3, -0.25) is 0 Å². The number of allylic oxidation sites excluding steroid dienone is 1. The molecule has 190 valence electrons. The molecule has 0 saturated heterocycles. The minimum atomic E-state index is -8.04. The summed E-state index contributed by atoms with van der Waals surface area (Å²) >= 11 is 0. The van der Waals surface area contributed by atoms with E-state index >= 15 is 0 Å². The number of carbonyl (C=O) groups is 1. The van der Waals surface area contributed by atoms with Crippen LogP contribution in [0.5, 0.6) is 0 Å². The molecule has 0 atom stereocenters.